The second-order valence-corrected chi connectivity index (χ2v) is 3.78. The molecule has 74 valence electrons. The maximum atomic E-state index is 3.94. The maximum Gasteiger partial charge on any atom is 0.0940 e. The lowest BCUT2D eigenvalue weighted by Gasteiger charge is -2.20. The summed E-state index contributed by atoms with van der Waals surface area (Å²) in [7, 11) is 2.09. The summed E-state index contributed by atoms with van der Waals surface area (Å²) in [4.78, 5) is 2.22. The van der Waals surface area contributed by atoms with E-state index in [0.29, 0.717) is 6.04 Å². The van der Waals surface area contributed by atoms with E-state index in [1.807, 2.05) is 0 Å². The first-order valence-corrected chi connectivity index (χ1v) is 4.97. The minimum Gasteiger partial charge on any atom is -0.370 e. The Morgan fingerprint density at radius 3 is 2.71 bits per heavy atom. The molecule has 1 N–H and O–H groups in total. The van der Waals surface area contributed by atoms with Gasteiger partial charge in [0.15, 0.2) is 0 Å². The van der Waals surface area contributed by atoms with Crippen LogP contribution in [0.4, 0.5) is 0 Å². The number of hydrogen-bond acceptors (Lipinski definition) is 2. The Bertz CT molecular complexity index is 318. The molecule has 14 heavy (non-hydrogen) atoms. The van der Waals surface area contributed by atoms with Crippen molar-refractivity contribution in [2.75, 3.05) is 13.6 Å². The SMILES string of the molecule is C=C1NCC(Cc2ccccc2)N1C. The third kappa shape index (κ3) is 1.74. The van der Waals surface area contributed by atoms with Crippen molar-refractivity contribution in [3.05, 3.63) is 48.3 Å². The van der Waals surface area contributed by atoms with Gasteiger partial charge >= 0.3 is 0 Å². The van der Waals surface area contributed by atoms with Crippen LogP contribution in [0.5, 0.6) is 0 Å². The average Bonchev–Trinajstić information content (AvgIpc) is 2.52. The summed E-state index contributed by atoms with van der Waals surface area (Å²) < 4.78 is 0. The average molecular weight is 188 g/mol. The highest BCUT2D eigenvalue weighted by Crippen LogP contribution is 2.14. The zero-order valence-corrected chi connectivity index (χ0v) is 8.53. The van der Waals surface area contributed by atoms with Gasteiger partial charge in [0.05, 0.1) is 11.9 Å². The van der Waals surface area contributed by atoms with Gasteiger partial charge in [0, 0.05) is 13.6 Å². The van der Waals surface area contributed by atoms with Crippen molar-refractivity contribution in [2.45, 2.75) is 12.5 Å². The first-order chi connectivity index (χ1) is 6.77. The van der Waals surface area contributed by atoms with E-state index >= 15 is 0 Å². The van der Waals surface area contributed by atoms with Crippen molar-refractivity contribution in [1.29, 1.82) is 0 Å². The molecule has 1 atom stereocenters. The van der Waals surface area contributed by atoms with Crippen LogP contribution < -0.4 is 5.32 Å². The molecule has 1 aliphatic rings. The number of likely N-dealkylation sites (N-methyl/N-ethyl adjacent to an activating group) is 1. The number of rotatable bonds is 2. The lowest BCUT2D eigenvalue weighted by atomic mass is 10.1. The van der Waals surface area contributed by atoms with E-state index in [1.54, 1.807) is 0 Å². The summed E-state index contributed by atoms with van der Waals surface area (Å²) in [6.07, 6.45) is 1.09. The molecule has 2 nitrogen and oxygen atoms in total. The maximum absolute atomic E-state index is 3.94. The second kappa shape index (κ2) is 3.74. The van der Waals surface area contributed by atoms with Crippen molar-refractivity contribution in [3.63, 3.8) is 0 Å². The Hall–Kier alpha value is -1.44. The first-order valence-electron chi connectivity index (χ1n) is 4.97. The Morgan fingerprint density at radius 1 is 1.43 bits per heavy atom. The smallest absolute Gasteiger partial charge is 0.0940 e. The fourth-order valence-corrected chi connectivity index (χ4v) is 1.81. The molecule has 1 aromatic rings. The lowest BCUT2D eigenvalue weighted by Crippen LogP contribution is -2.27. The molecule has 1 heterocycles. The lowest BCUT2D eigenvalue weighted by molar-refractivity contribution is 0.362. The standard InChI is InChI=1S/C12H16N2/c1-10-13-9-12(14(10)2)8-11-6-4-3-5-7-11/h3-7,12-13H,1,8-9H2,2H3. The largest absolute Gasteiger partial charge is 0.370 e. The Kier molecular flexibility index (Phi) is 2.44. The molecule has 0 aliphatic carbocycles. The van der Waals surface area contributed by atoms with Crippen molar-refractivity contribution in [1.82, 2.24) is 10.2 Å². The van der Waals surface area contributed by atoms with Crippen LogP contribution in [0, 0.1) is 0 Å². The fraction of sp³-hybridized carbons (Fsp3) is 0.333. The van der Waals surface area contributed by atoms with E-state index in [0.717, 1.165) is 18.8 Å². The van der Waals surface area contributed by atoms with Gasteiger partial charge in [-0.25, -0.2) is 0 Å². The second-order valence-electron chi connectivity index (χ2n) is 3.78. The first kappa shape index (κ1) is 9.13. The van der Waals surface area contributed by atoms with Gasteiger partial charge in [-0.3, -0.25) is 0 Å². The summed E-state index contributed by atoms with van der Waals surface area (Å²) in [6, 6.07) is 11.1. The molecule has 0 bridgehead atoms. The zero-order valence-electron chi connectivity index (χ0n) is 8.53. The summed E-state index contributed by atoms with van der Waals surface area (Å²) >= 11 is 0. The molecule has 2 heteroatoms. The predicted molar refractivity (Wildman–Crippen MR) is 58.8 cm³/mol. The quantitative estimate of drug-likeness (QED) is 0.758. The van der Waals surface area contributed by atoms with Crippen LogP contribution in [-0.2, 0) is 6.42 Å². The van der Waals surface area contributed by atoms with Crippen LogP contribution in [0.1, 0.15) is 5.56 Å². The van der Waals surface area contributed by atoms with E-state index in [9.17, 15) is 0 Å². The number of nitrogens with zero attached hydrogens (tertiary/aromatic N) is 1. The third-order valence-corrected chi connectivity index (χ3v) is 2.83. The number of benzene rings is 1. The zero-order chi connectivity index (χ0) is 9.97. The van der Waals surface area contributed by atoms with Gasteiger partial charge in [-0.05, 0) is 12.0 Å². The molecule has 0 saturated carbocycles. The van der Waals surface area contributed by atoms with Crippen molar-refractivity contribution in [2.24, 2.45) is 0 Å². The van der Waals surface area contributed by atoms with Crippen LogP contribution in [0.25, 0.3) is 0 Å². The minimum atomic E-state index is 0.546. The predicted octanol–water partition coefficient (Wildman–Crippen LogP) is 1.60. The van der Waals surface area contributed by atoms with Crippen LogP contribution in [0.15, 0.2) is 42.7 Å². The van der Waals surface area contributed by atoms with Gasteiger partial charge < -0.3 is 10.2 Å². The Labute approximate surface area is 85.2 Å². The normalized spacial score (nSPS) is 21.1. The minimum absolute atomic E-state index is 0.546. The topological polar surface area (TPSA) is 15.3 Å². The Balaban J connectivity index is 2.02. The highest BCUT2D eigenvalue weighted by Gasteiger charge is 2.22. The van der Waals surface area contributed by atoms with Gasteiger partial charge in [-0.2, -0.15) is 0 Å². The van der Waals surface area contributed by atoms with Crippen LogP contribution in [0.3, 0.4) is 0 Å². The fourth-order valence-electron chi connectivity index (χ4n) is 1.81. The summed E-state index contributed by atoms with van der Waals surface area (Å²) in [5.74, 6) is 1.03. The van der Waals surface area contributed by atoms with Crippen LogP contribution in [-0.4, -0.2) is 24.5 Å². The van der Waals surface area contributed by atoms with Crippen LogP contribution in [0.2, 0.25) is 0 Å². The number of hydrogen-bond donors (Lipinski definition) is 1. The summed E-state index contributed by atoms with van der Waals surface area (Å²) in [5.41, 5.74) is 1.39. The molecule has 1 saturated heterocycles. The van der Waals surface area contributed by atoms with Gasteiger partial charge in [-0.1, -0.05) is 36.9 Å². The van der Waals surface area contributed by atoms with Gasteiger partial charge in [0.2, 0.25) is 0 Å². The monoisotopic (exact) mass is 188 g/mol. The molecule has 0 radical (unpaired) electrons. The number of nitrogens with one attached hydrogen (secondary N) is 1. The molecule has 1 unspecified atom stereocenters. The summed E-state index contributed by atoms with van der Waals surface area (Å²) in [5, 5.41) is 3.27. The molecular weight excluding hydrogens is 172 g/mol. The van der Waals surface area contributed by atoms with E-state index in [-0.39, 0.29) is 0 Å². The molecule has 1 aliphatic heterocycles. The van der Waals surface area contributed by atoms with Crippen LogP contribution >= 0.6 is 0 Å². The third-order valence-electron chi connectivity index (χ3n) is 2.83. The molecule has 0 spiro atoms. The van der Waals surface area contributed by atoms with Gasteiger partial charge in [0.25, 0.3) is 0 Å². The van der Waals surface area contributed by atoms with Gasteiger partial charge in [0.1, 0.15) is 0 Å². The Morgan fingerprint density at radius 2 is 2.14 bits per heavy atom. The summed E-state index contributed by atoms with van der Waals surface area (Å²) in [6.45, 7) is 4.95. The highest BCUT2D eigenvalue weighted by atomic mass is 15.3. The van der Waals surface area contributed by atoms with Gasteiger partial charge in [-0.15, -0.1) is 0 Å². The van der Waals surface area contributed by atoms with Crippen molar-refractivity contribution < 1.29 is 0 Å². The molecule has 0 amide bonds. The van der Waals surface area contributed by atoms with E-state index in [2.05, 4.69) is 54.2 Å². The van der Waals surface area contributed by atoms with Crippen molar-refractivity contribution in [3.8, 4) is 0 Å². The highest BCUT2D eigenvalue weighted by molar-refractivity contribution is 5.17. The van der Waals surface area contributed by atoms with E-state index in [4.69, 9.17) is 0 Å². The molecule has 2 rings (SSSR count). The molecular formula is C12H16N2. The molecule has 0 aromatic heterocycles. The van der Waals surface area contributed by atoms with E-state index in [1.165, 1.54) is 5.56 Å². The van der Waals surface area contributed by atoms with E-state index < -0.39 is 0 Å². The molecule has 1 aromatic carbocycles. The molecule has 1 fully saturated rings. The van der Waals surface area contributed by atoms with Crippen molar-refractivity contribution >= 4 is 0 Å².